The molecule has 3 nitrogen and oxygen atoms in total. The van der Waals surface area contributed by atoms with Crippen LogP contribution >= 0.6 is 0 Å². The first-order chi connectivity index (χ1) is 7.18. The van der Waals surface area contributed by atoms with E-state index in [1.807, 2.05) is 30.3 Å². The fourth-order valence-corrected chi connectivity index (χ4v) is 2.09. The molecule has 0 saturated heterocycles. The Hall–Kier alpha value is -1.16. The van der Waals surface area contributed by atoms with Gasteiger partial charge in [-0.3, -0.25) is 9.00 Å². The van der Waals surface area contributed by atoms with Gasteiger partial charge in [0.1, 0.15) is 6.61 Å². The molecule has 1 aromatic rings. The smallest absolute Gasteiger partial charge is 0.302 e. The molecule has 0 radical (unpaired) electrons. The van der Waals surface area contributed by atoms with Crippen LogP contribution in [0.25, 0.3) is 0 Å². The third-order valence-electron chi connectivity index (χ3n) is 1.79. The zero-order valence-electron chi connectivity index (χ0n) is 8.64. The minimum atomic E-state index is -0.965. The third kappa shape index (κ3) is 5.32. The van der Waals surface area contributed by atoms with E-state index in [9.17, 15) is 9.00 Å². The van der Waals surface area contributed by atoms with E-state index in [-0.39, 0.29) is 12.6 Å². The monoisotopic (exact) mass is 226 g/mol. The maximum absolute atomic E-state index is 11.5. The second-order valence-electron chi connectivity index (χ2n) is 3.11. The Kier molecular flexibility index (Phi) is 5.04. The summed E-state index contributed by atoms with van der Waals surface area (Å²) in [6.45, 7) is 1.58. The lowest BCUT2D eigenvalue weighted by molar-refractivity contribution is -0.140. The molecule has 0 N–H and O–H groups in total. The van der Waals surface area contributed by atoms with Crippen LogP contribution in [0.15, 0.2) is 30.3 Å². The molecule has 0 unspecified atom stereocenters. The fourth-order valence-electron chi connectivity index (χ4n) is 1.11. The summed E-state index contributed by atoms with van der Waals surface area (Å²) in [5.74, 6) is 0.586. The molecule has 0 aromatic heterocycles. The Morgan fingerprint density at radius 1 is 1.33 bits per heavy atom. The summed E-state index contributed by atoms with van der Waals surface area (Å²) in [6.07, 6.45) is 0. The molecule has 0 fully saturated rings. The lowest BCUT2D eigenvalue weighted by Gasteiger charge is -2.02. The van der Waals surface area contributed by atoms with E-state index in [4.69, 9.17) is 4.74 Å². The highest BCUT2D eigenvalue weighted by Crippen LogP contribution is 2.02. The van der Waals surface area contributed by atoms with E-state index in [1.165, 1.54) is 6.92 Å². The van der Waals surface area contributed by atoms with E-state index in [0.29, 0.717) is 11.5 Å². The van der Waals surface area contributed by atoms with Gasteiger partial charge in [0.15, 0.2) is 0 Å². The van der Waals surface area contributed by atoms with Crippen LogP contribution in [0.5, 0.6) is 0 Å². The number of hydrogen-bond acceptors (Lipinski definition) is 3. The molecule has 0 saturated carbocycles. The van der Waals surface area contributed by atoms with Crippen molar-refractivity contribution in [1.29, 1.82) is 0 Å². The van der Waals surface area contributed by atoms with Crippen molar-refractivity contribution in [3.8, 4) is 0 Å². The van der Waals surface area contributed by atoms with Gasteiger partial charge in [0.05, 0.1) is 5.75 Å². The summed E-state index contributed by atoms with van der Waals surface area (Å²) in [4.78, 5) is 10.5. The zero-order chi connectivity index (χ0) is 11.1. The summed E-state index contributed by atoms with van der Waals surface area (Å²) >= 11 is 0. The van der Waals surface area contributed by atoms with Crippen molar-refractivity contribution in [3.05, 3.63) is 35.9 Å². The molecule has 1 atom stereocenters. The average molecular weight is 226 g/mol. The van der Waals surface area contributed by atoms with Crippen molar-refractivity contribution in [2.45, 2.75) is 12.7 Å². The fraction of sp³-hybridized carbons (Fsp3) is 0.364. The Morgan fingerprint density at radius 2 is 2.00 bits per heavy atom. The number of ether oxygens (including phenoxy) is 1. The summed E-state index contributed by atoms with van der Waals surface area (Å²) in [5.41, 5.74) is 1.04. The predicted octanol–water partition coefficient (Wildman–Crippen LogP) is 1.50. The van der Waals surface area contributed by atoms with Crippen molar-refractivity contribution < 1.29 is 13.7 Å². The Bertz CT molecular complexity index is 335. The average Bonchev–Trinajstić information content (AvgIpc) is 2.18. The van der Waals surface area contributed by atoms with E-state index >= 15 is 0 Å². The van der Waals surface area contributed by atoms with E-state index in [0.717, 1.165) is 5.56 Å². The maximum Gasteiger partial charge on any atom is 0.302 e. The number of rotatable bonds is 5. The van der Waals surface area contributed by atoms with Gasteiger partial charge >= 0.3 is 5.97 Å². The van der Waals surface area contributed by atoms with Crippen molar-refractivity contribution in [2.75, 3.05) is 12.4 Å². The van der Waals surface area contributed by atoms with Crippen LogP contribution in [0.3, 0.4) is 0 Å². The highest BCUT2D eigenvalue weighted by Gasteiger charge is 2.02. The molecule has 0 spiro atoms. The van der Waals surface area contributed by atoms with Gasteiger partial charge in [0.2, 0.25) is 0 Å². The normalized spacial score (nSPS) is 12.1. The quantitative estimate of drug-likeness (QED) is 0.715. The topological polar surface area (TPSA) is 43.4 Å². The summed E-state index contributed by atoms with van der Waals surface area (Å²) in [7, 11) is -0.965. The van der Waals surface area contributed by atoms with Gasteiger partial charge < -0.3 is 4.74 Å². The minimum Gasteiger partial charge on any atom is -0.465 e. The molecule has 1 rings (SSSR count). The van der Waals surface area contributed by atoms with Crippen LogP contribution in [-0.2, 0) is 26.1 Å². The number of benzene rings is 1. The second kappa shape index (κ2) is 6.35. The van der Waals surface area contributed by atoms with Crippen molar-refractivity contribution >= 4 is 16.8 Å². The molecule has 0 aliphatic heterocycles. The van der Waals surface area contributed by atoms with E-state index < -0.39 is 10.8 Å². The van der Waals surface area contributed by atoms with Gasteiger partial charge in [-0.25, -0.2) is 0 Å². The van der Waals surface area contributed by atoms with Gasteiger partial charge in [-0.05, 0) is 5.56 Å². The van der Waals surface area contributed by atoms with E-state index in [1.54, 1.807) is 0 Å². The zero-order valence-corrected chi connectivity index (χ0v) is 9.46. The molecular formula is C11H14O3S. The van der Waals surface area contributed by atoms with Crippen LogP contribution in [0.4, 0.5) is 0 Å². The molecule has 1 aromatic carbocycles. The number of carbonyl (C=O) groups excluding carboxylic acids is 1. The highest BCUT2D eigenvalue weighted by atomic mass is 32.2. The summed E-state index contributed by atoms with van der Waals surface area (Å²) in [6, 6.07) is 9.62. The predicted molar refractivity (Wildman–Crippen MR) is 59.8 cm³/mol. The molecule has 15 heavy (non-hydrogen) atoms. The maximum atomic E-state index is 11.5. The standard InChI is InChI=1S/C11H14O3S/c1-10(12)14-7-8-15(13)9-11-5-3-2-4-6-11/h2-6H,7-9H2,1H3/t15-/m1/s1. The van der Waals surface area contributed by atoms with Crippen LogP contribution in [0, 0.1) is 0 Å². The largest absolute Gasteiger partial charge is 0.465 e. The molecule has 0 heterocycles. The van der Waals surface area contributed by atoms with Crippen molar-refractivity contribution in [1.82, 2.24) is 0 Å². The van der Waals surface area contributed by atoms with Gasteiger partial charge in [-0.2, -0.15) is 0 Å². The van der Waals surface area contributed by atoms with Crippen LogP contribution in [0.1, 0.15) is 12.5 Å². The van der Waals surface area contributed by atoms with Gasteiger partial charge in [-0.1, -0.05) is 30.3 Å². The molecule has 0 bridgehead atoms. The van der Waals surface area contributed by atoms with Crippen molar-refractivity contribution in [2.24, 2.45) is 0 Å². The molecular weight excluding hydrogens is 212 g/mol. The van der Waals surface area contributed by atoms with Crippen LogP contribution in [-0.4, -0.2) is 22.5 Å². The lowest BCUT2D eigenvalue weighted by Crippen LogP contribution is -2.10. The van der Waals surface area contributed by atoms with Crippen LogP contribution < -0.4 is 0 Å². The second-order valence-corrected chi connectivity index (χ2v) is 4.69. The summed E-state index contributed by atoms with van der Waals surface area (Å²) in [5, 5.41) is 0. The minimum absolute atomic E-state index is 0.231. The Morgan fingerprint density at radius 3 is 2.60 bits per heavy atom. The number of hydrogen-bond donors (Lipinski definition) is 0. The molecule has 0 amide bonds. The highest BCUT2D eigenvalue weighted by molar-refractivity contribution is 7.84. The SMILES string of the molecule is CC(=O)OCC[S@@](=O)Cc1ccccc1. The lowest BCUT2D eigenvalue weighted by atomic mass is 10.2. The molecule has 0 aliphatic carbocycles. The van der Waals surface area contributed by atoms with Gasteiger partial charge in [0, 0.05) is 23.5 Å². The van der Waals surface area contributed by atoms with Crippen LogP contribution in [0.2, 0.25) is 0 Å². The van der Waals surface area contributed by atoms with Crippen molar-refractivity contribution in [3.63, 3.8) is 0 Å². The first kappa shape index (κ1) is 11.9. The number of esters is 1. The first-order valence-corrected chi connectivity index (χ1v) is 6.19. The molecule has 82 valence electrons. The van der Waals surface area contributed by atoms with E-state index in [2.05, 4.69) is 0 Å². The van der Waals surface area contributed by atoms with Gasteiger partial charge in [0.25, 0.3) is 0 Å². The number of carbonyl (C=O) groups is 1. The molecule has 0 aliphatic rings. The third-order valence-corrected chi connectivity index (χ3v) is 3.06. The Labute approximate surface area is 91.9 Å². The first-order valence-electron chi connectivity index (χ1n) is 4.71. The Balaban J connectivity index is 2.28. The van der Waals surface area contributed by atoms with Gasteiger partial charge in [-0.15, -0.1) is 0 Å². The molecule has 4 heteroatoms. The summed E-state index contributed by atoms with van der Waals surface area (Å²) < 4.78 is 16.2.